The summed E-state index contributed by atoms with van der Waals surface area (Å²) in [6.45, 7) is 2.14. The topological polar surface area (TPSA) is 17.1 Å². The molecule has 2 atom stereocenters. The van der Waals surface area contributed by atoms with Crippen LogP contribution in [0.2, 0.25) is 0 Å². The SMILES string of the molecule is CC1c2ccccc2C(=O)C1c1ccccc1. The van der Waals surface area contributed by atoms with E-state index < -0.39 is 0 Å². The van der Waals surface area contributed by atoms with Crippen molar-refractivity contribution in [3.8, 4) is 0 Å². The van der Waals surface area contributed by atoms with Gasteiger partial charge in [-0.3, -0.25) is 4.79 Å². The molecule has 0 fully saturated rings. The van der Waals surface area contributed by atoms with Gasteiger partial charge in [0.05, 0.1) is 5.92 Å². The molecule has 1 nitrogen and oxygen atoms in total. The van der Waals surface area contributed by atoms with Crippen LogP contribution in [0.25, 0.3) is 0 Å². The lowest BCUT2D eigenvalue weighted by atomic mass is 9.87. The summed E-state index contributed by atoms with van der Waals surface area (Å²) in [4.78, 5) is 12.4. The van der Waals surface area contributed by atoms with E-state index in [1.54, 1.807) is 0 Å². The van der Waals surface area contributed by atoms with Gasteiger partial charge >= 0.3 is 0 Å². The molecule has 2 unspecified atom stereocenters. The van der Waals surface area contributed by atoms with Crippen molar-refractivity contribution in [2.24, 2.45) is 0 Å². The van der Waals surface area contributed by atoms with Gasteiger partial charge in [-0.15, -0.1) is 0 Å². The van der Waals surface area contributed by atoms with Crippen molar-refractivity contribution < 1.29 is 4.79 Å². The van der Waals surface area contributed by atoms with Crippen molar-refractivity contribution >= 4 is 5.78 Å². The molecule has 0 aromatic heterocycles. The zero-order valence-corrected chi connectivity index (χ0v) is 9.76. The minimum Gasteiger partial charge on any atom is -0.293 e. The van der Waals surface area contributed by atoms with Gasteiger partial charge in [-0.1, -0.05) is 61.5 Å². The lowest BCUT2D eigenvalue weighted by molar-refractivity contribution is 0.0966. The monoisotopic (exact) mass is 222 g/mol. The van der Waals surface area contributed by atoms with E-state index in [-0.39, 0.29) is 17.6 Å². The highest BCUT2D eigenvalue weighted by Crippen LogP contribution is 2.43. The Bertz CT molecular complexity index is 557. The summed E-state index contributed by atoms with van der Waals surface area (Å²) in [5.41, 5.74) is 3.21. The Balaban J connectivity index is 2.10. The maximum absolute atomic E-state index is 12.4. The minimum atomic E-state index is -0.00593. The molecule has 1 heteroatoms. The zero-order chi connectivity index (χ0) is 11.8. The molecular formula is C16H14O. The van der Waals surface area contributed by atoms with E-state index in [4.69, 9.17) is 0 Å². The van der Waals surface area contributed by atoms with Gasteiger partial charge in [-0.05, 0) is 17.0 Å². The second-order valence-electron chi connectivity index (χ2n) is 4.63. The van der Waals surface area contributed by atoms with E-state index in [1.807, 2.05) is 48.5 Å². The summed E-state index contributed by atoms with van der Waals surface area (Å²) in [6.07, 6.45) is 0. The predicted octanol–water partition coefficient (Wildman–Crippen LogP) is 3.77. The van der Waals surface area contributed by atoms with E-state index in [9.17, 15) is 4.79 Å². The molecule has 3 rings (SSSR count). The molecule has 0 radical (unpaired) electrons. The largest absolute Gasteiger partial charge is 0.293 e. The third-order valence-electron chi connectivity index (χ3n) is 3.66. The van der Waals surface area contributed by atoms with E-state index in [2.05, 4.69) is 13.0 Å². The van der Waals surface area contributed by atoms with E-state index in [0.717, 1.165) is 11.1 Å². The Morgan fingerprint density at radius 3 is 2.24 bits per heavy atom. The number of fused-ring (bicyclic) bond motifs is 1. The van der Waals surface area contributed by atoms with Gasteiger partial charge in [0.25, 0.3) is 0 Å². The van der Waals surface area contributed by atoms with Gasteiger partial charge in [-0.2, -0.15) is 0 Å². The third kappa shape index (κ3) is 1.50. The number of ketones is 1. The average Bonchev–Trinajstić information content (AvgIpc) is 2.64. The molecule has 0 aliphatic heterocycles. The lowest BCUT2D eigenvalue weighted by Gasteiger charge is -2.14. The van der Waals surface area contributed by atoms with Crippen LogP contribution in [0.3, 0.4) is 0 Å². The normalized spacial score (nSPS) is 22.5. The molecule has 0 spiro atoms. The highest BCUT2D eigenvalue weighted by Gasteiger charge is 2.37. The molecule has 17 heavy (non-hydrogen) atoms. The van der Waals surface area contributed by atoms with Gasteiger partial charge in [0, 0.05) is 5.56 Å². The first-order valence-electron chi connectivity index (χ1n) is 5.97. The number of benzene rings is 2. The molecule has 0 saturated carbocycles. The number of carbonyl (C=O) groups is 1. The molecule has 1 aliphatic rings. The van der Waals surface area contributed by atoms with E-state index in [1.165, 1.54) is 5.56 Å². The molecule has 0 heterocycles. The molecular weight excluding hydrogens is 208 g/mol. The Hall–Kier alpha value is -1.89. The standard InChI is InChI=1S/C16H14O/c1-11-13-9-5-6-10-14(13)16(17)15(11)12-7-3-2-4-8-12/h2-11,15H,1H3. The van der Waals surface area contributed by atoms with Gasteiger partial charge in [0.2, 0.25) is 0 Å². The maximum Gasteiger partial charge on any atom is 0.171 e. The molecule has 0 saturated heterocycles. The van der Waals surface area contributed by atoms with Crippen molar-refractivity contribution in [1.29, 1.82) is 0 Å². The molecule has 0 bridgehead atoms. The molecule has 0 amide bonds. The summed E-state index contributed by atoms with van der Waals surface area (Å²) in [5.74, 6) is 0.536. The van der Waals surface area contributed by atoms with Crippen LogP contribution in [-0.4, -0.2) is 5.78 Å². The minimum absolute atomic E-state index is 0.00593. The molecule has 2 aromatic rings. The Kier molecular flexibility index (Phi) is 2.32. The maximum atomic E-state index is 12.4. The second-order valence-corrected chi connectivity index (χ2v) is 4.63. The first kappa shape index (κ1) is 10.3. The first-order valence-corrected chi connectivity index (χ1v) is 5.97. The summed E-state index contributed by atoms with van der Waals surface area (Å²) in [5, 5.41) is 0. The lowest BCUT2D eigenvalue weighted by Crippen LogP contribution is -2.09. The Labute approximate surface area is 101 Å². The third-order valence-corrected chi connectivity index (χ3v) is 3.66. The Morgan fingerprint density at radius 2 is 1.53 bits per heavy atom. The number of hydrogen-bond donors (Lipinski definition) is 0. The fourth-order valence-corrected chi connectivity index (χ4v) is 2.79. The number of rotatable bonds is 1. The van der Waals surface area contributed by atoms with Crippen molar-refractivity contribution in [3.63, 3.8) is 0 Å². The first-order chi connectivity index (χ1) is 8.29. The zero-order valence-electron chi connectivity index (χ0n) is 9.76. The smallest absolute Gasteiger partial charge is 0.171 e. The van der Waals surface area contributed by atoms with Gasteiger partial charge in [0.15, 0.2) is 5.78 Å². The van der Waals surface area contributed by atoms with Gasteiger partial charge < -0.3 is 0 Å². The fourth-order valence-electron chi connectivity index (χ4n) is 2.79. The Morgan fingerprint density at radius 1 is 0.882 bits per heavy atom. The average molecular weight is 222 g/mol. The number of Topliss-reactive ketones (excluding diaryl/α,β-unsaturated/α-hetero) is 1. The van der Waals surface area contributed by atoms with Crippen molar-refractivity contribution in [2.45, 2.75) is 18.8 Å². The van der Waals surface area contributed by atoms with E-state index in [0.29, 0.717) is 0 Å². The van der Waals surface area contributed by atoms with E-state index >= 15 is 0 Å². The quantitative estimate of drug-likeness (QED) is 0.717. The number of hydrogen-bond acceptors (Lipinski definition) is 1. The molecule has 2 aromatic carbocycles. The molecule has 1 aliphatic carbocycles. The van der Waals surface area contributed by atoms with Crippen LogP contribution in [-0.2, 0) is 0 Å². The fraction of sp³-hybridized carbons (Fsp3) is 0.188. The highest BCUT2D eigenvalue weighted by molar-refractivity contribution is 6.06. The number of carbonyl (C=O) groups excluding carboxylic acids is 1. The van der Waals surface area contributed by atoms with Crippen LogP contribution in [0.15, 0.2) is 54.6 Å². The van der Waals surface area contributed by atoms with Crippen LogP contribution >= 0.6 is 0 Å². The predicted molar refractivity (Wildman–Crippen MR) is 68.4 cm³/mol. The van der Waals surface area contributed by atoms with Crippen LogP contribution in [0.4, 0.5) is 0 Å². The second kappa shape index (κ2) is 3.85. The molecule has 0 N–H and O–H groups in total. The summed E-state index contributed by atoms with van der Waals surface area (Å²) < 4.78 is 0. The van der Waals surface area contributed by atoms with Gasteiger partial charge in [-0.25, -0.2) is 0 Å². The summed E-state index contributed by atoms with van der Waals surface area (Å²) >= 11 is 0. The van der Waals surface area contributed by atoms with Crippen molar-refractivity contribution in [3.05, 3.63) is 71.3 Å². The van der Waals surface area contributed by atoms with Crippen molar-refractivity contribution in [1.82, 2.24) is 0 Å². The summed E-state index contributed by atoms with van der Waals surface area (Å²) in [7, 11) is 0. The van der Waals surface area contributed by atoms with Crippen LogP contribution in [0.5, 0.6) is 0 Å². The van der Waals surface area contributed by atoms with Gasteiger partial charge in [0.1, 0.15) is 0 Å². The summed E-state index contributed by atoms with van der Waals surface area (Å²) in [6, 6.07) is 18.0. The highest BCUT2D eigenvalue weighted by atomic mass is 16.1. The van der Waals surface area contributed by atoms with Crippen LogP contribution in [0.1, 0.15) is 40.2 Å². The van der Waals surface area contributed by atoms with Crippen LogP contribution < -0.4 is 0 Å². The molecule has 84 valence electrons. The van der Waals surface area contributed by atoms with Crippen LogP contribution in [0, 0.1) is 0 Å². The van der Waals surface area contributed by atoms with Crippen molar-refractivity contribution in [2.75, 3.05) is 0 Å².